The first-order chi connectivity index (χ1) is 4.52. The number of hydrogen-bond donors (Lipinski definition) is 0. The van der Waals surface area contributed by atoms with Crippen molar-refractivity contribution in [3.63, 3.8) is 0 Å². The van der Waals surface area contributed by atoms with Crippen molar-refractivity contribution < 1.29 is 0 Å². The SMILES string of the molecule is CCC(C)(C)CC(C)CBr. The Bertz CT molecular complexity index is 86.7. The lowest BCUT2D eigenvalue weighted by molar-refractivity contribution is 0.280. The van der Waals surface area contributed by atoms with Crippen molar-refractivity contribution >= 4 is 15.9 Å². The summed E-state index contributed by atoms with van der Waals surface area (Å²) in [6.45, 7) is 9.24. The summed E-state index contributed by atoms with van der Waals surface area (Å²) in [5, 5.41) is 1.14. The van der Waals surface area contributed by atoms with Gasteiger partial charge in [-0.15, -0.1) is 0 Å². The minimum absolute atomic E-state index is 0.535. The fraction of sp³-hybridized carbons (Fsp3) is 1.00. The van der Waals surface area contributed by atoms with Crippen LogP contribution in [0.4, 0.5) is 0 Å². The van der Waals surface area contributed by atoms with E-state index < -0.39 is 0 Å². The topological polar surface area (TPSA) is 0 Å². The molecule has 0 spiro atoms. The Balaban J connectivity index is 3.64. The van der Waals surface area contributed by atoms with Gasteiger partial charge < -0.3 is 0 Å². The Morgan fingerprint density at radius 2 is 1.90 bits per heavy atom. The summed E-state index contributed by atoms with van der Waals surface area (Å²) in [7, 11) is 0. The van der Waals surface area contributed by atoms with Crippen molar-refractivity contribution in [2.24, 2.45) is 11.3 Å². The second kappa shape index (κ2) is 4.38. The van der Waals surface area contributed by atoms with Crippen molar-refractivity contribution in [3.8, 4) is 0 Å². The molecule has 0 rings (SSSR count). The third kappa shape index (κ3) is 4.32. The van der Waals surface area contributed by atoms with Crippen LogP contribution < -0.4 is 0 Å². The Morgan fingerprint density at radius 3 is 2.20 bits per heavy atom. The van der Waals surface area contributed by atoms with Crippen LogP contribution >= 0.6 is 15.9 Å². The van der Waals surface area contributed by atoms with Crippen molar-refractivity contribution in [2.75, 3.05) is 5.33 Å². The molecule has 0 bridgehead atoms. The second-order valence-electron chi connectivity index (χ2n) is 3.98. The lowest BCUT2D eigenvalue weighted by Gasteiger charge is -2.25. The highest BCUT2D eigenvalue weighted by atomic mass is 79.9. The summed E-state index contributed by atoms with van der Waals surface area (Å²) in [6.07, 6.45) is 2.61. The molecule has 1 atom stereocenters. The molecule has 1 unspecified atom stereocenters. The van der Waals surface area contributed by atoms with Crippen LogP contribution in [0.2, 0.25) is 0 Å². The van der Waals surface area contributed by atoms with Gasteiger partial charge in [0.1, 0.15) is 0 Å². The molecule has 10 heavy (non-hydrogen) atoms. The molecule has 62 valence electrons. The van der Waals surface area contributed by atoms with Gasteiger partial charge in [-0.25, -0.2) is 0 Å². The van der Waals surface area contributed by atoms with Gasteiger partial charge >= 0.3 is 0 Å². The van der Waals surface area contributed by atoms with Crippen molar-refractivity contribution in [1.29, 1.82) is 0 Å². The lowest BCUT2D eigenvalue weighted by atomic mass is 9.82. The third-order valence-electron chi connectivity index (χ3n) is 2.12. The molecule has 0 aromatic heterocycles. The van der Waals surface area contributed by atoms with Crippen molar-refractivity contribution in [2.45, 2.75) is 40.5 Å². The molecular formula is C9H19Br. The molecule has 0 aromatic rings. The molecule has 0 nitrogen and oxygen atoms in total. The summed E-state index contributed by atoms with van der Waals surface area (Å²) in [4.78, 5) is 0. The van der Waals surface area contributed by atoms with Crippen molar-refractivity contribution in [1.82, 2.24) is 0 Å². The molecule has 0 aliphatic heterocycles. The molecular weight excluding hydrogens is 188 g/mol. The number of alkyl halides is 1. The number of halogens is 1. The highest BCUT2D eigenvalue weighted by molar-refractivity contribution is 9.09. The van der Waals surface area contributed by atoms with Crippen LogP contribution in [-0.4, -0.2) is 5.33 Å². The Morgan fingerprint density at radius 1 is 1.40 bits per heavy atom. The highest BCUT2D eigenvalue weighted by Crippen LogP contribution is 2.29. The Labute approximate surface area is 73.5 Å². The number of rotatable bonds is 4. The Hall–Kier alpha value is 0.480. The van der Waals surface area contributed by atoms with E-state index in [2.05, 4.69) is 43.6 Å². The van der Waals surface area contributed by atoms with Crippen LogP contribution in [0.25, 0.3) is 0 Å². The van der Waals surface area contributed by atoms with Gasteiger partial charge in [0.05, 0.1) is 0 Å². The maximum absolute atomic E-state index is 3.50. The molecule has 0 aliphatic rings. The largest absolute Gasteiger partial charge is 0.0925 e. The summed E-state index contributed by atoms with van der Waals surface area (Å²) in [5.41, 5.74) is 0.535. The molecule has 0 aliphatic carbocycles. The monoisotopic (exact) mass is 206 g/mol. The normalized spacial score (nSPS) is 15.3. The molecule has 0 aromatic carbocycles. The fourth-order valence-electron chi connectivity index (χ4n) is 1.14. The quantitative estimate of drug-likeness (QED) is 0.614. The first-order valence-electron chi connectivity index (χ1n) is 4.08. The van der Waals surface area contributed by atoms with Crippen LogP contribution in [0.15, 0.2) is 0 Å². The van der Waals surface area contributed by atoms with E-state index in [1.54, 1.807) is 0 Å². The predicted octanol–water partition coefficient (Wildman–Crippen LogP) is 3.84. The van der Waals surface area contributed by atoms with Gasteiger partial charge in [0, 0.05) is 5.33 Å². The summed E-state index contributed by atoms with van der Waals surface area (Å²) in [5.74, 6) is 0.815. The molecule has 0 amide bonds. The van der Waals surface area contributed by atoms with Crippen LogP contribution in [0, 0.1) is 11.3 Å². The van der Waals surface area contributed by atoms with Gasteiger partial charge in [0.25, 0.3) is 0 Å². The average Bonchev–Trinajstić information content (AvgIpc) is 1.87. The van der Waals surface area contributed by atoms with E-state index >= 15 is 0 Å². The van der Waals surface area contributed by atoms with E-state index in [0.29, 0.717) is 5.41 Å². The zero-order chi connectivity index (χ0) is 8.20. The minimum Gasteiger partial charge on any atom is -0.0925 e. The van der Waals surface area contributed by atoms with Crippen LogP contribution in [0.3, 0.4) is 0 Å². The maximum Gasteiger partial charge on any atom is 0.00572 e. The van der Waals surface area contributed by atoms with E-state index in [1.165, 1.54) is 12.8 Å². The lowest BCUT2D eigenvalue weighted by Crippen LogP contribution is -2.14. The molecule has 0 fully saturated rings. The molecule has 1 heteroatoms. The molecule has 0 N–H and O–H groups in total. The molecule has 0 radical (unpaired) electrons. The van der Waals surface area contributed by atoms with E-state index in [0.717, 1.165) is 11.2 Å². The first kappa shape index (κ1) is 10.5. The van der Waals surface area contributed by atoms with E-state index in [-0.39, 0.29) is 0 Å². The maximum atomic E-state index is 3.50. The molecule has 0 saturated carbocycles. The van der Waals surface area contributed by atoms with Crippen LogP contribution in [0.5, 0.6) is 0 Å². The van der Waals surface area contributed by atoms with Crippen LogP contribution in [0.1, 0.15) is 40.5 Å². The summed E-state index contributed by atoms with van der Waals surface area (Å²) >= 11 is 3.50. The van der Waals surface area contributed by atoms with Gasteiger partial charge in [0.2, 0.25) is 0 Å². The first-order valence-corrected chi connectivity index (χ1v) is 5.20. The van der Waals surface area contributed by atoms with Gasteiger partial charge in [-0.3, -0.25) is 0 Å². The van der Waals surface area contributed by atoms with Gasteiger partial charge in [-0.05, 0) is 17.8 Å². The molecule has 0 saturated heterocycles. The molecule has 0 heterocycles. The van der Waals surface area contributed by atoms with Gasteiger partial charge in [-0.1, -0.05) is 50.0 Å². The zero-order valence-electron chi connectivity index (χ0n) is 7.58. The second-order valence-corrected chi connectivity index (χ2v) is 4.63. The Kier molecular flexibility index (Phi) is 4.59. The van der Waals surface area contributed by atoms with Gasteiger partial charge in [-0.2, -0.15) is 0 Å². The van der Waals surface area contributed by atoms with E-state index in [9.17, 15) is 0 Å². The van der Waals surface area contributed by atoms with Crippen LogP contribution in [-0.2, 0) is 0 Å². The van der Waals surface area contributed by atoms with Gasteiger partial charge in [0.15, 0.2) is 0 Å². The standard InChI is InChI=1S/C9H19Br/c1-5-9(3,4)6-8(2)7-10/h8H,5-7H2,1-4H3. The highest BCUT2D eigenvalue weighted by Gasteiger charge is 2.17. The summed E-state index contributed by atoms with van der Waals surface area (Å²) in [6, 6.07) is 0. The third-order valence-corrected chi connectivity index (χ3v) is 3.23. The minimum atomic E-state index is 0.535. The number of hydrogen-bond acceptors (Lipinski definition) is 0. The predicted molar refractivity (Wildman–Crippen MR) is 51.6 cm³/mol. The fourth-order valence-corrected chi connectivity index (χ4v) is 1.37. The van der Waals surface area contributed by atoms with E-state index in [1.807, 2.05) is 0 Å². The zero-order valence-corrected chi connectivity index (χ0v) is 9.16. The van der Waals surface area contributed by atoms with E-state index in [4.69, 9.17) is 0 Å². The van der Waals surface area contributed by atoms with Crippen molar-refractivity contribution in [3.05, 3.63) is 0 Å². The smallest absolute Gasteiger partial charge is 0.00572 e. The summed E-state index contributed by atoms with van der Waals surface area (Å²) < 4.78 is 0. The average molecular weight is 207 g/mol.